The van der Waals surface area contributed by atoms with E-state index in [2.05, 4.69) is 0 Å². The number of primary sulfonamides is 1. The van der Waals surface area contributed by atoms with Crippen molar-refractivity contribution in [2.45, 2.75) is 24.8 Å². The highest BCUT2D eigenvalue weighted by atomic mass is 35.5. The Morgan fingerprint density at radius 3 is 2.56 bits per heavy atom. The van der Waals surface area contributed by atoms with Crippen LogP contribution in [0.3, 0.4) is 0 Å². The molecule has 0 unspecified atom stereocenters. The molecule has 0 aromatic heterocycles. The zero-order valence-corrected chi connectivity index (χ0v) is 11.8. The van der Waals surface area contributed by atoms with E-state index in [1.54, 1.807) is 0 Å². The molecular weight excluding hydrogens is 278 g/mol. The van der Waals surface area contributed by atoms with Crippen molar-refractivity contribution in [3.05, 3.63) is 23.2 Å². The predicted octanol–water partition coefficient (Wildman–Crippen LogP) is 1.79. The van der Waals surface area contributed by atoms with Gasteiger partial charge >= 0.3 is 0 Å². The molecule has 0 aliphatic rings. The van der Waals surface area contributed by atoms with Gasteiger partial charge in [0.05, 0.1) is 12.7 Å². The topological polar surface area (TPSA) is 78.6 Å². The van der Waals surface area contributed by atoms with Crippen molar-refractivity contribution in [3.63, 3.8) is 0 Å². The summed E-state index contributed by atoms with van der Waals surface area (Å²) in [6, 6.07) is 4.27. The molecule has 5 nitrogen and oxygen atoms in total. The molecule has 0 aliphatic heterocycles. The van der Waals surface area contributed by atoms with Gasteiger partial charge in [0.1, 0.15) is 17.3 Å². The summed E-state index contributed by atoms with van der Waals surface area (Å²) in [4.78, 5) is -0.125. The van der Waals surface area contributed by atoms with Crippen molar-refractivity contribution >= 4 is 21.6 Å². The fourth-order valence-electron chi connectivity index (χ4n) is 1.26. The molecule has 0 spiro atoms. The van der Waals surface area contributed by atoms with Gasteiger partial charge in [-0.1, -0.05) is 11.6 Å². The number of benzene rings is 1. The minimum atomic E-state index is -3.86. The van der Waals surface area contributed by atoms with E-state index < -0.39 is 10.0 Å². The van der Waals surface area contributed by atoms with Crippen LogP contribution in [0.15, 0.2) is 23.1 Å². The van der Waals surface area contributed by atoms with Gasteiger partial charge in [0.2, 0.25) is 10.0 Å². The van der Waals surface area contributed by atoms with Gasteiger partial charge in [0, 0.05) is 5.02 Å². The number of rotatable bonds is 6. The Balaban J connectivity index is 2.77. The summed E-state index contributed by atoms with van der Waals surface area (Å²) in [5.41, 5.74) is 0. The van der Waals surface area contributed by atoms with Crippen molar-refractivity contribution in [2.75, 3.05) is 13.2 Å². The van der Waals surface area contributed by atoms with Gasteiger partial charge in [-0.3, -0.25) is 0 Å². The second kappa shape index (κ2) is 6.38. The van der Waals surface area contributed by atoms with Gasteiger partial charge < -0.3 is 9.47 Å². The number of ether oxygens (including phenoxy) is 2. The Labute approximate surface area is 112 Å². The predicted molar refractivity (Wildman–Crippen MR) is 69.4 cm³/mol. The lowest BCUT2D eigenvalue weighted by Crippen LogP contribution is -2.16. The van der Waals surface area contributed by atoms with Crippen LogP contribution in [-0.2, 0) is 14.8 Å². The number of halogens is 1. The van der Waals surface area contributed by atoms with Gasteiger partial charge in [0.25, 0.3) is 0 Å². The highest BCUT2D eigenvalue weighted by molar-refractivity contribution is 7.89. The van der Waals surface area contributed by atoms with Gasteiger partial charge in [-0.05, 0) is 32.0 Å². The first kappa shape index (κ1) is 15.2. The average Bonchev–Trinajstić information content (AvgIpc) is 2.24. The van der Waals surface area contributed by atoms with E-state index in [1.807, 2.05) is 13.8 Å². The Hall–Kier alpha value is -0.820. The van der Waals surface area contributed by atoms with Crippen molar-refractivity contribution < 1.29 is 17.9 Å². The summed E-state index contributed by atoms with van der Waals surface area (Å²) in [6.45, 7) is 4.41. The van der Waals surface area contributed by atoms with Crippen LogP contribution >= 0.6 is 11.6 Å². The quantitative estimate of drug-likeness (QED) is 0.811. The molecule has 0 aliphatic carbocycles. The minimum absolute atomic E-state index is 0.0940. The molecule has 0 radical (unpaired) electrons. The molecule has 102 valence electrons. The van der Waals surface area contributed by atoms with Crippen molar-refractivity contribution in [3.8, 4) is 5.75 Å². The van der Waals surface area contributed by atoms with Crippen LogP contribution in [0.25, 0.3) is 0 Å². The lowest BCUT2D eigenvalue weighted by molar-refractivity contribution is 0.0546. The monoisotopic (exact) mass is 293 g/mol. The molecule has 0 amide bonds. The summed E-state index contributed by atoms with van der Waals surface area (Å²) in [5, 5.41) is 5.36. The normalized spacial score (nSPS) is 11.8. The highest BCUT2D eigenvalue weighted by Gasteiger charge is 2.15. The van der Waals surface area contributed by atoms with Crippen LogP contribution in [-0.4, -0.2) is 27.7 Å². The second-order valence-electron chi connectivity index (χ2n) is 3.90. The summed E-state index contributed by atoms with van der Waals surface area (Å²) < 4.78 is 33.3. The van der Waals surface area contributed by atoms with E-state index in [9.17, 15) is 8.42 Å². The molecule has 2 N–H and O–H groups in total. The smallest absolute Gasteiger partial charge is 0.241 e. The van der Waals surface area contributed by atoms with Crippen molar-refractivity contribution in [2.24, 2.45) is 5.14 Å². The van der Waals surface area contributed by atoms with Crippen LogP contribution < -0.4 is 9.88 Å². The fraction of sp³-hybridized carbons (Fsp3) is 0.455. The molecule has 1 rings (SSSR count). The first-order valence-corrected chi connectivity index (χ1v) is 7.30. The summed E-state index contributed by atoms with van der Waals surface area (Å²) in [6.07, 6.45) is 0.0940. The molecule has 18 heavy (non-hydrogen) atoms. The molecule has 1 aromatic carbocycles. The van der Waals surface area contributed by atoms with Gasteiger partial charge in [-0.2, -0.15) is 0 Å². The Bertz CT molecular complexity index is 502. The Morgan fingerprint density at radius 1 is 1.33 bits per heavy atom. The lowest BCUT2D eigenvalue weighted by atomic mass is 10.3. The highest BCUT2D eigenvalue weighted by Crippen LogP contribution is 2.26. The second-order valence-corrected chi connectivity index (χ2v) is 5.87. The maximum Gasteiger partial charge on any atom is 0.241 e. The zero-order valence-electron chi connectivity index (χ0n) is 10.2. The van der Waals surface area contributed by atoms with Crippen LogP contribution in [0, 0.1) is 0 Å². The number of sulfonamides is 1. The Kier molecular flexibility index (Phi) is 5.40. The number of hydrogen-bond donors (Lipinski definition) is 1. The van der Waals surface area contributed by atoms with E-state index >= 15 is 0 Å². The minimum Gasteiger partial charge on any atom is -0.490 e. The summed E-state index contributed by atoms with van der Waals surface area (Å²) in [5.74, 6) is 0.175. The molecule has 0 saturated carbocycles. The summed E-state index contributed by atoms with van der Waals surface area (Å²) >= 11 is 5.73. The van der Waals surface area contributed by atoms with Gasteiger partial charge in [-0.25, -0.2) is 13.6 Å². The SMILES string of the molecule is CC(C)OCCOc1ccc(Cl)cc1S(N)(=O)=O. The van der Waals surface area contributed by atoms with Crippen molar-refractivity contribution in [1.29, 1.82) is 0 Å². The van der Waals surface area contributed by atoms with Crippen LogP contribution in [0.4, 0.5) is 0 Å². The molecular formula is C11H16ClNO4S. The number of nitrogens with two attached hydrogens (primary N) is 1. The standard InChI is InChI=1S/C11H16ClNO4S/c1-8(2)16-5-6-17-10-4-3-9(12)7-11(10)18(13,14)15/h3-4,7-8H,5-6H2,1-2H3,(H2,13,14,15). The largest absolute Gasteiger partial charge is 0.490 e. The first-order chi connectivity index (χ1) is 8.30. The lowest BCUT2D eigenvalue weighted by Gasteiger charge is -2.12. The van der Waals surface area contributed by atoms with E-state index in [1.165, 1.54) is 18.2 Å². The summed E-state index contributed by atoms with van der Waals surface area (Å²) in [7, 11) is -3.86. The molecule has 0 saturated heterocycles. The molecule has 0 fully saturated rings. The van der Waals surface area contributed by atoms with Crippen LogP contribution in [0.1, 0.15) is 13.8 Å². The van der Waals surface area contributed by atoms with E-state index in [-0.39, 0.29) is 28.4 Å². The fourth-order valence-corrected chi connectivity index (χ4v) is 2.19. The van der Waals surface area contributed by atoms with E-state index in [0.717, 1.165) is 0 Å². The van der Waals surface area contributed by atoms with Crippen LogP contribution in [0.2, 0.25) is 5.02 Å². The van der Waals surface area contributed by atoms with Gasteiger partial charge in [0.15, 0.2) is 0 Å². The molecule has 0 heterocycles. The van der Waals surface area contributed by atoms with Gasteiger partial charge in [-0.15, -0.1) is 0 Å². The molecule has 1 aromatic rings. The molecule has 0 bridgehead atoms. The maximum atomic E-state index is 11.4. The van der Waals surface area contributed by atoms with Crippen LogP contribution in [0.5, 0.6) is 5.75 Å². The van der Waals surface area contributed by atoms with E-state index in [4.69, 9.17) is 26.2 Å². The van der Waals surface area contributed by atoms with Crippen molar-refractivity contribution in [1.82, 2.24) is 0 Å². The van der Waals surface area contributed by atoms with E-state index in [0.29, 0.717) is 6.61 Å². The first-order valence-electron chi connectivity index (χ1n) is 5.37. The number of hydrogen-bond acceptors (Lipinski definition) is 4. The molecule has 7 heteroatoms. The third-order valence-electron chi connectivity index (χ3n) is 2.00. The zero-order chi connectivity index (χ0) is 13.8. The maximum absolute atomic E-state index is 11.4. The Morgan fingerprint density at radius 2 is 2.00 bits per heavy atom. The molecule has 0 atom stereocenters. The third-order valence-corrected chi connectivity index (χ3v) is 3.17. The third kappa shape index (κ3) is 4.81. The average molecular weight is 294 g/mol.